The third-order valence-corrected chi connectivity index (χ3v) is 4.22. The monoisotopic (exact) mass is 276 g/mol. The van der Waals surface area contributed by atoms with E-state index in [2.05, 4.69) is 30.1 Å². The van der Waals surface area contributed by atoms with E-state index in [-0.39, 0.29) is 0 Å². The number of rotatable bonds is 5. The van der Waals surface area contributed by atoms with Crippen LogP contribution in [0.3, 0.4) is 0 Å². The summed E-state index contributed by atoms with van der Waals surface area (Å²) in [5.74, 6) is 1.90. The van der Waals surface area contributed by atoms with E-state index in [1.54, 1.807) is 12.3 Å². The fourth-order valence-electron chi connectivity index (χ4n) is 1.59. The van der Waals surface area contributed by atoms with Crippen molar-refractivity contribution >= 4 is 11.8 Å². The van der Waals surface area contributed by atoms with Crippen molar-refractivity contribution in [3.8, 4) is 17.7 Å². The Morgan fingerprint density at radius 1 is 1.58 bits per heavy atom. The highest BCUT2D eigenvalue weighted by molar-refractivity contribution is 7.99. The van der Waals surface area contributed by atoms with Gasteiger partial charge in [0, 0.05) is 18.5 Å². The number of nitrogens with zero attached hydrogens (tertiary/aromatic N) is 4. The van der Waals surface area contributed by atoms with E-state index in [0.717, 1.165) is 17.9 Å². The van der Waals surface area contributed by atoms with Crippen molar-refractivity contribution in [3.05, 3.63) is 23.7 Å². The second kappa shape index (κ2) is 5.93. The van der Waals surface area contributed by atoms with Gasteiger partial charge in [0.2, 0.25) is 0 Å². The summed E-state index contributed by atoms with van der Waals surface area (Å²) in [7, 11) is 1.86. The van der Waals surface area contributed by atoms with E-state index in [9.17, 15) is 0 Å². The molecule has 0 saturated carbocycles. The second-order valence-corrected chi connectivity index (χ2v) is 5.81. The highest BCUT2D eigenvalue weighted by Crippen LogP contribution is 2.22. The van der Waals surface area contributed by atoms with Crippen LogP contribution in [0.4, 0.5) is 0 Å². The fourth-order valence-corrected chi connectivity index (χ4v) is 2.38. The van der Waals surface area contributed by atoms with Crippen LogP contribution in [0.1, 0.15) is 31.7 Å². The number of hydrogen-bond acceptors (Lipinski definition) is 5. The fraction of sp³-hybridized carbons (Fsp3) is 0.462. The lowest BCUT2D eigenvalue weighted by molar-refractivity contribution is 0.422. The Morgan fingerprint density at radius 2 is 2.37 bits per heavy atom. The normalized spacial score (nSPS) is 12.3. The number of thioether (sulfide) groups is 1. The van der Waals surface area contributed by atoms with E-state index in [1.807, 2.05) is 23.4 Å². The summed E-state index contributed by atoms with van der Waals surface area (Å²) in [6.07, 6.45) is 2.87. The van der Waals surface area contributed by atoms with Gasteiger partial charge in [0.1, 0.15) is 11.8 Å². The Bertz CT molecular complexity index is 596. The quantitative estimate of drug-likeness (QED) is 0.839. The molecule has 2 rings (SSSR count). The van der Waals surface area contributed by atoms with Crippen LogP contribution in [0.2, 0.25) is 0 Å². The van der Waals surface area contributed by atoms with Gasteiger partial charge in [0.15, 0.2) is 5.82 Å². The summed E-state index contributed by atoms with van der Waals surface area (Å²) >= 11 is 1.81. The highest BCUT2D eigenvalue weighted by Gasteiger charge is 2.14. The van der Waals surface area contributed by atoms with Crippen molar-refractivity contribution in [2.75, 3.05) is 0 Å². The topological polar surface area (TPSA) is 67.6 Å². The van der Waals surface area contributed by atoms with Crippen molar-refractivity contribution in [1.82, 2.24) is 14.7 Å². The first-order valence-corrected chi connectivity index (χ1v) is 7.20. The van der Waals surface area contributed by atoms with Crippen molar-refractivity contribution in [1.29, 1.82) is 5.26 Å². The van der Waals surface area contributed by atoms with Crippen LogP contribution in [0.5, 0.6) is 0 Å². The van der Waals surface area contributed by atoms with Gasteiger partial charge in [-0.3, -0.25) is 0 Å². The Kier molecular flexibility index (Phi) is 4.27. The van der Waals surface area contributed by atoms with Crippen LogP contribution in [-0.2, 0) is 12.8 Å². The molecule has 0 N–H and O–H groups in total. The Labute approximate surface area is 116 Å². The molecule has 0 radical (unpaired) electrons. The largest absolute Gasteiger partial charge is 0.345 e. The molecule has 0 amide bonds. The Hall–Kier alpha value is -1.74. The van der Waals surface area contributed by atoms with E-state index in [1.165, 1.54) is 0 Å². The Balaban J connectivity index is 2.12. The zero-order valence-electron chi connectivity index (χ0n) is 11.3. The predicted molar refractivity (Wildman–Crippen MR) is 74.5 cm³/mol. The maximum atomic E-state index is 8.87. The van der Waals surface area contributed by atoms with Gasteiger partial charge in [-0.1, -0.05) is 19.0 Å². The third kappa shape index (κ3) is 3.18. The van der Waals surface area contributed by atoms with Crippen LogP contribution < -0.4 is 0 Å². The first-order chi connectivity index (χ1) is 9.13. The van der Waals surface area contributed by atoms with Crippen molar-refractivity contribution < 1.29 is 4.52 Å². The summed E-state index contributed by atoms with van der Waals surface area (Å²) < 4.78 is 7.07. The molecule has 1 unspecified atom stereocenters. The zero-order chi connectivity index (χ0) is 13.8. The molecule has 0 aliphatic carbocycles. The predicted octanol–water partition coefficient (Wildman–Crippen LogP) is 2.98. The van der Waals surface area contributed by atoms with E-state index in [4.69, 9.17) is 9.78 Å². The first-order valence-electron chi connectivity index (χ1n) is 6.15. The molecule has 2 aromatic heterocycles. The minimum atomic E-state index is 0.462. The lowest BCUT2D eigenvalue weighted by Crippen LogP contribution is -1.95. The second-order valence-electron chi connectivity index (χ2n) is 4.38. The average Bonchev–Trinajstić information content (AvgIpc) is 3.01. The molecule has 1 atom stereocenters. The lowest BCUT2D eigenvalue weighted by Gasteiger charge is -2.04. The standard InChI is InChI=1S/C13H16N4OS/c1-4-9(2)19-8-12-15-13(18-16-12)11-5-10(6-14)7-17(11)3/h5,7,9H,4,8H2,1-3H3. The van der Waals surface area contributed by atoms with Crippen LogP contribution >= 0.6 is 11.8 Å². The first kappa shape index (κ1) is 13.7. The molecule has 2 aromatic rings. The molecule has 6 heteroatoms. The van der Waals surface area contributed by atoms with Gasteiger partial charge in [-0.05, 0) is 12.5 Å². The number of hydrogen-bond donors (Lipinski definition) is 0. The highest BCUT2D eigenvalue weighted by atomic mass is 32.2. The zero-order valence-corrected chi connectivity index (χ0v) is 12.1. The van der Waals surface area contributed by atoms with Gasteiger partial charge in [0.25, 0.3) is 5.89 Å². The molecule has 0 bridgehead atoms. The summed E-state index contributed by atoms with van der Waals surface area (Å²) in [6, 6.07) is 3.85. The number of aromatic nitrogens is 3. The molecule has 0 aliphatic heterocycles. The smallest absolute Gasteiger partial charge is 0.274 e. The Morgan fingerprint density at radius 3 is 3.00 bits per heavy atom. The van der Waals surface area contributed by atoms with Crippen molar-refractivity contribution in [2.45, 2.75) is 31.3 Å². The number of aryl methyl sites for hydroxylation is 1. The van der Waals surface area contributed by atoms with Crippen LogP contribution in [-0.4, -0.2) is 20.0 Å². The van der Waals surface area contributed by atoms with Gasteiger partial charge < -0.3 is 9.09 Å². The van der Waals surface area contributed by atoms with Gasteiger partial charge in [-0.25, -0.2) is 0 Å². The molecular weight excluding hydrogens is 260 g/mol. The summed E-state index contributed by atoms with van der Waals surface area (Å²) in [6.45, 7) is 4.34. The molecule has 0 aromatic carbocycles. The van der Waals surface area contributed by atoms with E-state index in [0.29, 0.717) is 22.5 Å². The number of nitriles is 1. The lowest BCUT2D eigenvalue weighted by atomic mass is 10.3. The molecule has 5 nitrogen and oxygen atoms in total. The SMILES string of the molecule is CCC(C)SCc1noc(-c2cc(C#N)cn2C)n1. The van der Waals surface area contributed by atoms with Crippen LogP contribution in [0.15, 0.2) is 16.8 Å². The molecule has 19 heavy (non-hydrogen) atoms. The summed E-state index contributed by atoms with van der Waals surface area (Å²) in [4.78, 5) is 4.37. The van der Waals surface area contributed by atoms with E-state index >= 15 is 0 Å². The average molecular weight is 276 g/mol. The molecule has 0 fully saturated rings. The van der Waals surface area contributed by atoms with E-state index < -0.39 is 0 Å². The summed E-state index contributed by atoms with van der Waals surface area (Å²) in [5.41, 5.74) is 1.36. The minimum Gasteiger partial charge on any atom is -0.345 e. The maximum absolute atomic E-state index is 8.87. The van der Waals surface area contributed by atoms with Crippen LogP contribution in [0.25, 0.3) is 11.6 Å². The third-order valence-electron chi connectivity index (χ3n) is 2.89. The maximum Gasteiger partial charge on any atom is 0.274 e. The van der Waals surface area contributed by atoms with Gasteiger partial charge in [-0.15, -0.1) is 0 Å². The molecule has 0 aliphatic rings. The summed E-state index contributed by atoms with van der Waals surface area (Å²) in [5, 5.41) is 13.4. The minimum absolute atomic E-state index is 0.462. The molecule has 2 heterocycles. The molecule has 0 saturated heterocycles. The van der Waals surface area contributed by atoms with Gasteiger partial charge >= 0.3 is 0 Å². The molecule has 100 valence electrons. The van der Waals surface area contributed by atoms with Gasteiger partial charge in [-0.2, -0.15) is 22.0 Å². The van der Waals surface area contributed by atoms with Crippen molar-refractivity contribution in [3.63, 3.8) is 0 Å². The molecule has 0 spiro atoms. The van der Waals surface area contributed by atoms with Gasteiger partial charge in [0.05, 0.1) is 11.3 Å². The van der Waals surface area contributed by atoms with Crippen molar-refractivity contribution in [2.24, 2.45) is 7.05 Å². The van der Waals surface area contributed by atoms with Crippen LogP contribution in [0, 0.1) is 11.3 Å². The molecular formula is C13H16N4OS.